The van der Waals surface area contributed by atoms with Gasteiger partial charge in [0, 0.05) is 68.9 Å². The van der Waals surface area contributed by atoms with Gasteiger partial charge < -0.3 is 24.7 Å². The molecule has 3 amide bonds. The Morgan fingerprint density at radius 2 is 1.49 bits per heavy atom. The number of carbonyl (C=O) groups is 3. The van der Waals surface area contributed by atoms with Crippen molar-refractivity contribution in [2.75, 3.05) is 68.7 Å². The first-order valence-electron chi connectivity index (χ1n) is 20.9. The van der Waals surface area contributed by atoms with Gasteiger partial charge in [0.05, 0.1) is 28.9 Å². The zero-order valence-electron chi connectivity index (χ0n) is 32.7. The largest absolute Gasteiger partial charge is 0.507 e. The standard InChI is InChI=1S/C46H53N7O4/c54-41-12-5-4-11-39(41)40-28-37(29-47-49-40)52-25-19-46(20-26-52,35-8-2-1-3-9-35)44(57)53-31-45(32-53)17-23-50(24-18-45)30-33-15-21-51(22-16-33)36-10-6-7-34(27-36)38-13-14-42(55)48-43(38)56/h1-12,27-29,33,38,54H,13-26,30-32H2,(H,48,55,56)/t38-/m0/s1. The van der Waals surface area contributed by atoms with Crippen molar-refractivity contribution in [3.05, 3.63) is 102 Å². The van der Waals surface area contributed by atoms with Crippen molar-refractivity contribution in [2.45, 2.75) is 62.7 Å². The third-order valence-electron chi connectivity index (χ3n) is 13.8. The minimum atomic E-state index is -0.553. The molecule has 0 aliphatic carbocycles. The molecule has 0 bridgehead atoms. The van der Waals surface area contributed by atoms with E-state index in [4.69, 9.17) is 0 Å². The minimum Gasteiger partial charge on any atom is -0.507 e. The molecule has 57 heavy (non-hydrogen) atoms. The number of carbonyl (C=O) groups excluding carboxylic acids is 3. The lowest BCUT2D eigenvalue weighted by molar-refractivity contribution is -0.154. The summed E-state index contributed by atoms with van der Waals surface area (Å²) in [6.07, 6.45) is 8.80. The molecular formula is C46H53N7O4. The van der Waals surface area contributed by atoms with Gasteiger partial charge in [-0.1, -0.05) is 54.6 Å². The molecule has 6 heterocycles. The molecule has 296 valence electrons. The van der Waals surface area contributed by atoms with Crippen LogP contribution in [-0.2, 0) is 19.8 Å². The van der Waals surface area contributed by atoms with Crippen molar-refractivity contribution in [3.63, 3.8) is 0 Å². The van der Waals surface area contributed by atoms with Crippen LogP contribution in [0.3, 0.4) is 0 Å². The summed E-state index contributed by atoms with van der Waals surface area (Å²) in [7, 11) is 0. The Balaban J connectivity index is 0.773. The van der Waals surface area contributed by atoms with E-state index in [9.17, 15) is 19.5 Å². The molecular weight excluding hydrogens is 715 g/mol. The Hall–Kier alpha value is -5.29. The Bertz CT molecular complexity index is 2090. The van der Waals surface area contributed by atoms with Crippen LogP contribution < -0.4 is 15.1 Å². The van der Waals surface area contributed by atoms with E-state index in [2.05, 4.69) is 71.5 Å². The number of aromatic nitrogens is 2. The number of aromatic hydroxyl groups is 1. The van der Waals surface area contributed by atoms with E-state index in [-0.39, 0.29) is 34.8 Å². The highest BCUT2D eigenvalue weighted by Gasteiger charge is 2.53. The lowest BCUT2D eigenvalue weighted by Gasteiger charge is -2.57. The van der Waals surface area contributed by atoms with Crippen LogP contribution in [0, 0.1) is 11.3 Å². The number of hydrogen-bond acceptors (Lipinski definition) is 9. The van der Waals surface area contributed by atoms with Crippen LogP contribution >= 0.6 is 0 Å². The molecule has 1 atom stereocenters. The van der Waals surface area contributed by atoms with E-state index in [1.807, 2.05) is 36.4 Å². The Kier molecular flexibility index (Phi) is 10.2. The maximum atomic E-state index is 14.6. The van der Waals surface area contributed by atoms with Gasteiger partial charge in [-0.05, 0) is 105 Å². The predicted octanol–water partition coefficient (Wildman–Crippen LogP) is 5.75. The third-order valence-corrected chi connectivity index (χ3v) is 13.8. The molecule has 11 heteroatoms. The van der Waals surface area contributed by atoms with Gasteiger partial charge >= 0.3 is 0 Å². The maximum absolute atomic E-state index is 14.6. The fourth-order valence-electron chi connectivity index (χ4n) is 10.3. The molecule has 0 unspecified atom stereocenters. The first-order valence-corrected chi connectivity index (χ1v) is 20.9. The summed E-state index contributed by atoms with van der Waals surface area (Å²) in [6, 6.07) is 27.9. The molecule has 1 aromatic heterocycles. The number of hydrogen-bond donors (Lipinski definition) is 2. The molecule has 11 nitrogen and oxygen atoms in total. The van der Waals surface area contributed by atoms with Crippen molar-refractivity contribution >= 4 is 29.1 Å². The smallest absolute Gasteiger partial charge is 0.234 e. The number of phenols is 1. The number of amides is 3. The Labute approximate surface area is 335 Å². The van der Waals surface area contributed by atoms with Crippen LogP contribution in [-0.4, -0.2) is 102 Å². The van der Waals surface area contributed by atoms with E-state index in [0.717, 1.165) is 114 Å². The summed E-state index contributed by atoms with van der Waals surface area (Å²) in [4.78, 5) is 48.4. The zero-order valence-corrected chi connectivity index (χ0v) is 32.7. The summed E-state index contributed by atoms with van der Waals surface area (Å²) in [5.74, 6) is 0.519. The number of para-hydroxylation sites is 1. The molecule has 0 radical (unpaired) electrons. The fraction of sp³-hybridized carbons (Fsp3) is 0.457. The predicted molar refractivity (Wildman–Crippen MR) is 220 cm³/mol. The second-order valence-electron chi connectivity index (χ2n) is 17.2. The number of rotatable bonds is 8. The SMILES string of the molecule is O=C1CC[C@@H](c2cccc(N3CCC(CN4CCC5(CC4)CN(C(=O)C4(c6ccccc6)CCN(c6cnnc(-c7ccccc7O)c6)CC4)C5)CC3)c2)C(=O)N1. The number of nitrogens with one attached hydrogen (secondary N) is 1. The zero-order chi connectivity index (χ0) is 39.0. The normalized spacial score (nSPS) is 22.6. The average Bonchev–Trinajstić information content (AvgIpc) is 3.24. The summed E-state index contributed by atoms with van der Waals surface area (Å²) >= 11 is 0. The topological polar surface area (TPSA) is 122 Å². The van der Waals surface area contributed by atoms with E-state index < -0.39 is 5.41 Å². The van der Waals surface area contributed by atoms with Crippen LogP contribution in [0.25, 0.3) is 11.3 Å². The Morgan fingerprint density at radius 1 is 0.772 bits per heavy atom. The second kappa shape index (κ2) is 15.6. The van der Waals surface area contributed by atoms with Gasteiger partial charge in [0.25, 0.3) is 0 Å². The van der Waals surface area contributed by atoms with Gasteiger partial charge in [-0.2, -0.15) is 10.2 Å². The molecule has 0 saturated carbocycles. The van der Waals surface area contributed by atoms with Crippen molar-refractivity contribution in [1.29, 1.82) is 0 Å². The van der Waals surface area contributed by atoms with Gasteiger partial charge in [0.15, 0.2) is 0 Å². The van der Waals surface area contributed by atoms with Gasteiger partial charge in [0.2, 0.25) is 17.7 Å². The van der Waals surface area contributed by atoms with Crippen molar-refractivity contribution in [1.82, 2.24) is 25.3 Å². The van der Waals surface area contributed by atoms with Gasteiger partial charge in [-0.25, -0.2) is 0 Å². The van der Waals surface area contributed by atoms with E-state index >= 15 is 0 Å². The number of imide groups is 1. The molecule has 5 fully saturated rings. The lowest BCUT2D eigenvalue weighted by Crippen LogP contribution is -2.66. The highest BCUT2D eigenvalue weighted by molar-refractivity contribution is 6.01. The monoisotopic (exact) mass is 767 g/mol. The number of anilines is 2. The van der Waals surface area contributed by atoms with Crippen molar-refractivity contribution < 1.29 is 19.5 Å². The number of benzene rings is 3. The number of nitrogens with zero attached hydrogens (tertiary/aromatic N) is 6. The van der Waals surface area contributed by atoms with Crippen molar-refractivity contribution in [2.24, 2.45) is 11.3 Å². The summed E-state index contributed by atoms with van der Waals surface area (Å²) in [6.45, 7) is 8.52. The van der Waals surface area contributed by atoms with Crippen LogP contribution in [0.1, 0.15) is 68.4 Å². The molecule has 1 spiro atoms. The van der Waals surface area contributed by atoms with E-state index in [0.29, 0.717) is 30.0 Å². The lowest BCUT2D eigenvalue weighted by atomic mass is 9.67. The van der Waals surface area contributed by atoms with Crippen molar-refractivity contribution in [3.8, 4) is 17.0 Å². The summed E-state index contributed by atoms with van der Waals surface area (Å²) in [5, 5.41) is 21.5. The molecule has 4 aromatic rings. The Morgan fingerprint density at radius 3 is 2.23 bits per heavy atom. The van der Waals surface area contributed by atoms with E-state index in [1.54, 1.807) is 18.3 Å². The average molecular weight is 768 g/mol. The molecule has 2 N–H and O–H groups in total. The highest BCUT2D eigenvalue weighted by Crippen LogP contribution is 2.46. The van der Waals surface area contributed by atoms with Crippen LogP contribution in [0.5, 0.6) is 5.75 Å². The number of likely N-dealkylation sites (tertiary alicyclic amines) is 2. The van der Waals surface area contributed by atoms with Crippen LogP contribution in [0.4, 0.5) is 11.4 Å². The van der Waals surface area contributed by atoms with Crippen LogP contribution in [0.15, 0.2) is 91.1 Å². The summed E-state index contributed by atoms with van der Waals surface area (Å²) in [5.41, 5.74) is 5.20. The summed E-state index contributed by atoms with van der Waals surface area (Å²) < 4.78 is 0. The molecule has 9 rings (SSSR count). The quantitative estimate of drug-likeness (QED) is 0.216. The van der Waals surface area contributed by atoms with Crippen LogP contribution in [0.2, 0.25) is 0 Å². The number of phenolic OH excluding ortho intramolecular Hbond substituents is 1. The van der Waals surface area contributed by atoms with E-state index in [1.165, 1.54) is 5.69 Å². The highest BCUT2D eigenvalue weighted by atomic mass is 16.3. The molecule has 5 saturated heterocycles. The first kappa shape index (κ1) is 37.3. The van der Waals surface area contributed by atoms with Gasteiger partial charge in [-0.15, -0.1) is 0 Å². The molecule has 3 aromatic carbocycles. The number of piperidine rings is 4. The third kappa shape index (κ3) is 7.49. The van der Waals surface area contributed by atoms with Gasteiger partial charge in [0.1, 0.15) is 5.75 Å². The maximum Gasteiger partial charge on any atom is 0.234 e. The fourth-order valence-corrected chi connectivity index (χ4v) is 10.3. The molecule has 5 aliphatic heterocycles. The first-order chi connectivity index (χ1) is 27.8. The minimum absolute atomic E-state index is 0.175. The molecule has 5 aliphatic rings. The second-order valence-corrected chi connectivity index (χ2v) is 17.2. The van der Waals surface area contributed by atoms with Gasteiger partial charge in [-0.3, -0.25) is 19.7 Å².